The smallest absolute Gasteiger partial charge is 0.254 e. The molecule has 0 aliphatic heterocycles. The molecule has 2 N–H and O–H groups in total. The molecule has 1 rings (SSSR count). The molecule has 0 heterocycles. The minimum absolute atomic E-state index is 0.104. The second-order valence-electron chi connectivity index (χ2n) is 5.60. The Morgan fingerprint density at radius 3 is 2.38 bits per heavy atom. The normalized spacial score (nSPS) is 12.0. The van der Waals surface area contributed by atoms with E-state index in [1.54, 1.807) is 17.0 Å². The van der Waals surface area contributed by atoms with Crippen LogP contribution in [0.2, 0.25) is 0 Å². The number of nitrogens with zero attached hydrogens (tertiary/aromatic N) is 1. The Morgan fingerprint density at radius 1 is 1.38 bits per heavy atom. The third-order valence-electron chi connectivity index (χ3n) is 2.81. The number of sulfonamides is 1. The molecule has 5 nitrogen and oxygen atoms in total. The van der Waals surface area contributed by atoms with E-state index in [4.69, 9.17) is 5.14 Å². The van der Waals surface area contributed by atoms with Gasteiger partial charge in [-0.1, -0.05) is 22.0 Å². The molecule has 0 aliphatic rings. The van der Waals surface area contributed by atoms with Crippen molar-refractivity contribution in [2.45, 2.75) is 31.2 Å². The SMILES string of the molecule is C=CCN(C(=O)c1cc(Br)cc(S(N)(=O)=O)c1)C(C)(C)C. The van der Waals surface area contributed by atoms with E-state index < -0.39 is 15.6 Å². The van der Waals surface area contributed by atoms with Crippen LogP contribution in [0.25, 0.3) is 0 Å². The van der Waals surface area contributed by atoms with Crippen molar-refractivity contribution in [3.8, 4) is 0 Å². The Balaban J connectivity index is 3.35. The van der Waals surface area contributed by atoms with Gasteiger partial charge in [-0.15, -0.1) is 6.58 Å². The minimum Gasteiger partial charge on any atom is -0.330 e. The maximum absolute atomic E-state index is 12.6. The Morgan fingerprint density at radius 2 is 1.95 bits per heavy atom. The van der Waals surface area contributed by atoms with Gasteiger partial charge in [-0.3, -0.25) is 4.79 Å². The number of nitrogens with two attached hydrogens (primary N) is 1. The molecule has 0 bridgehead atoms. The summed E-state index contributed by atoms with van der Waals surface area (Å²) in [6, 6.07) is 4.21. The van der Waals surface area contributed by atoms with Crippen LogP contribution in [-0.2, 0) is 10.0 Å². The number of benzene rings is 1. The number of hydrogen-bond acceptors (Lipinski definition) is 3. The topological polar surface area (TPSA) is 80.5 Å². The Hall–Kier alpha value is -1.18. The zero-order valence-electron chi connectivity index (χ0n) is 12.3. The molecule has 0 fully saturated rings. The second-order valence-corrected chi connectivity index (χ2v) is 8.07. The first-order valence-corrected chi connectivity index (χ1v) is 8.57. The number of amides is 1. The lowest BCUT2D eigenvalue weighted by Gasteiger charge is -2.35. The van der Waals surface area contributed by atoms with E-state index >= 15 is 0 Å². The van der Waals surface area contributed by atoms with Crippen molar-refractivity contribution >= 4 is 31.9 Å². The van der Waals surface area contributed by atoms with Crippen LogP contribution in [0, 0.1) is 0 Å². The number of hydrogen-bond donors (Lipinski definition) is 1. The summed E-state index contributed by atoms with van der Waals surface area (Å²) in [5, 5.41) is 5.13. The van der Waals surface area contributed by atoms with Gasteiger partial charge in [0.25, 0.3) is 5.91 Å². The van der Waals surface area contributed by atoms with E-state index in [2.05, 4.69) is 22.5 Å². The average Bonchev–Trinajstić information content (AvgIpc) is 2.32. The van der Waals surface area contributed by atoms with E-state index in [0.717, 1.165) is 0 Å². The number of carbonyl (C=O) groups excluding carboxylic acids is 1. The van der Waals surface area contributed by atoms with Gasteiger partial charge in [0.2, 0.25) is 10.0 Å². The van der Waals surface area contributed by atoms with Crippen LogP contribution >= 0.6 is 15.9 Å². The maximum atomic E-state index is 12.6. The van der Waals surface area contributed by atoms with Crippen molar-refractivity contribution in [1.82, 2.24) is 4.90 Å². The molecule has 0 saturated carbocycles. The second kappa shape index (κ2) is 6.29. The van der Waals surface area contributed by atoms with E-state index in [0.29, 0.717) is 11.0 Å². The highest BCUT2D eigenvalue weighted by Gasteiger charge is 2.27. The fourth-order valence-electron chi connectivity index (χ4n) is 1.80. The Kier molecular flexibility index (Phi) is 5.35. The molecular weight excluding hydrogens is 356 g/mol. The lowest BCUT2D eigenvalue weighted by molar-refractivity contribution is 0.0616. The summed E-state index contributed by atoms with van der Waals surface area (Å²) in [5.74, 6) is -0.284. The van der Waals surface area contributed by atoms with E-state index in [-0.39, 0.29) is 16.4 Å². The predicted octanol–water partition coefficient (Wildman–Crippen LogP) is 2.52. The van der Waals surface area contributed by atoms with Crippen molar-refractivity contribution in [3.05, 3.63) is 40.9 Å². The zero-order valence-corrected chi connectivity index (χ0v) is 14.7. The largest absolute Gasteiger partial charge is 0.330 e. The molecule has 116 valence electrons. The predicted molar refractivity (Wildman–Crippen MR) is 86.5 cm³/mol. The van der Waals surface area contributed by atoms with Crippen molar-refractivity contribution in [2.75, 3.05) is 6.54 Å². The Labute approximate surface area is 134 Å². The number of rotatable bonds is 4. The fourth-order valence-corrected chi connectivity index (χ4v) is 3.02. The van der Waals surface area contributed by atoms with Gasteiger partial charge in [0.1, 0.15) is 0 Å². The number of primary sulfonamides is 1. The summed E-state index contributed by atoms with van der Waals surface area (Å²) >= 11 is 3.20. The highest BCUT2D eigenvalue weighted by Crippen LogP contribution is 2.23. The first-order valence-electron chi connectivity index (χ1n) is 6.23. The van der Waals surface area contributed by atoms with Crippen LogP contribution in [0.15, 0.2) is 40.2 Å². The molecule has 0 atom stereocenters. The molecule has 1 aromatic carbocycles. The summed E-state index contributed by atoms with van der Waals surface area (Å²) in [4.78, 5) is 14.1. The third kappa shape index (κ3) is 4.66. The van der Waals surface area contributed by atoms with Gasteiger partial charge in [-0.25, -0.2) is 13.6 Å². The van der Waals surface area contributed by atoms with Crippen molar-refractivity contribution in [1.29, 1.82) is 0 Å². The minimum atomic E-state index is -3.88. The molecular formula is C14H19BrN2O3S. The molecule has 0 unspecified atom stereocenters. The monoisotopic (exact) mass is 374 g/mol. The number of carbonyl (C=O) groups is 1. The fraction of sp³-hybridized carbons (Fsp3) is 0.357. The molecule has 1 amide bonds. The van der Waals surface area contributed by atoms with Crippen molar-refractivity contribution < 1.29 is 13.2 Å². The van der Waals surface area contributed by atoms with Gasteiger partial charge in [-0.05, 0) is 39.0 Å². The van der Waals surface area contributed by atoms with Gasteiger partial charge >= 0.3 is 0 Å². The highest BCUT2D eigenvalue weighted by atomic mass is 79.9. The highest BCUT2D eigenvalue weighted by molar-refractivity contribution is 9.10. The van der Waals surface area contributed by atoms with E-state index in [9.17, 15) is 13.2 Å². The van der Waals surface area contributed by atoms with Crippen molar-refractivity contribution in [3.63, 3.8) is 0 Å². The summed E-state index contributed by atoms with van der Waals surface area (Å²) in [7, 11) is -3.88. The van der Waals surface area contributed by atoms with E-state index in [1.165, 1.54) is 12.1 Å². The summed E-state index contributed by atoms with van der Waals surface area (Å²) < 4.78 is 23.4. The van der Waals surface area contributed by atoms with Gasteiger partial charge in [-0.2, -0.15) is 0 Å². The van der Waals surface area contributed by atoms with Crippen LogP contribution in [0.4, 0.5) is 0 Å². The quantitative estimate of drug-likeness (QED) is 0.822. The van der Waals surface area contributed by atoms with Crippen molar-refractivity contribution in [2.24, 2.45) is 5.14 Å². The summed E-state index contributed by atoms with van der Waals surface area (Å²) in [6.45, 7) is 9.69. The van der Waals surface area contributed by atoms with Crippen LogP contribution in [-0.4, -0.2) is 31.3 Å². The molecule has 1 aromatic rings. The van der Waals surface area contributed by atoms with Crippen LogP contribution < -0.4 is 5.14 Å². The molecule has 0 spiro atoms. The molecule has 0 aromatic heterocycles. The standard InChI is InChI=1S/C14H19BrN2O3S/c1-5-6-17(14(2,3)4)13(18)10-7-11(15)9-12(8-10)21(16,19)20/h5,7-9H,1,6H2,2-4H3,(H2,16,19,20). The van der Waals surface area contributed by atoms with Gasteiger partial charge in [0, 0.05) is 22.1 Å². The maximum Gasteiger partial charge on any atom is 0.254 e. The Bertz CT molecular complexity index is 663. The molecule has 21 heavy (non-hydrogen) atoms. The molecule has 0 saturated heterocycles. The molecule has 0 radical (unpaired) electrons. The van der Waals surface area contributed by atoms with Gasteiger partial charge in [0.15, 0.2) is 0 Å². The average molecular weight is 375 g/mol. The van der Waals surface area contributed by atoms with Gasteiger partial charge < -0.3 is 4.90 Å². The van der Waals surface area contributed by atoms with Crippen LogP contribution in [0.1, 0.15) is 31.1 Å². The summed E-state index contributed by atoms with van der Waals surface area (Å²) in [5.41, 5.74) is -0.166. The van der Waals surface area contributed by atoms with Crippen LogP contribution in [0.5, 0.6) is 0 Å². The third-order valence-corrected chi connectivity index (χ3v) is 4.16. The zero-order chi connectivity index (χ0) is 16.4. The molecule has 7 heteroatoms. The number of halogens is 1. The molecule has 0 aliphatic carbocycles. The lowest BCUT2D eigenvalue weighted by Crippen LogP contribution is -2.45. The van der Waals surface area contributed by atoms with Crippen LogP contribution in [0.3, 0.4) is 0 Å². The van der Waals surface area contributed by atoms with Gasteiger partial charge in [0.05, 0.1) is 4.90 Å². The van der Waals surface area contributed by atoms with E-state index in [1.807, 2.05) is 20.8 Å². The first kappa shape index (κ1) is 17.9. The first-order chi connectivity index (χ1) is 9.46. The lowest BCUT2D eigenvalue weighted by atomic mass is 10.0. The summed E-state index contributed by atoms with van der Waals surface area (Å²) in [6.07, 6.45) is 1.63.